The molecule has 0 aliphatic carbocycles. The van der Waals surface area contributed by atoms with Crippen LogP contribution in [0.5, 0.6) is 5.75 Å². The monoisotopic (exact) mass is 311 g/mol. The second kappa shape index (κ2) is 5.99. The summed E-state index contributed by atoms with van der Waals surface area (Å²) in [4.78, 5) is 16.3. The van der Waals surface area contributed by atoms with Crippen LogP contribution in [0.2, 0.25) is 0 Å². The number of carboxylic acids is 1. The van der Waals surface area contributed by atoms with Crippen molar-refractivity contribution in [2.75, 3.05) is 7.11 Å². The predicted molar refractivity (Wildman–Crippen MR) is 86.5 cm³/mol. The van der Waals surface area contributed by atoms with Gasteiger partial charge in [0, 0.05) is 11.1 Å². The number of carbonyl (C=O) groups is 1. The van der Waals surface area contributed by atoms with Gasteiger partial charge in [-0.3, -0.25) is 0 Å². The quantitative estimate of drug-likeness (QED) is 0.785. The number of aromatic nitrogens is 1. The Kier molecular flexibility index (Phi) is 3.89. The number of thiazole rings is 1. The van der Waals surface area contributed by atoms with E-state index in [1.54, 1.807) is 13.2 Å². The molecule has 22 heavy (non-hydrogen) atoms. The van der Waals surface area contributed by atoms with Gasteiger partial charge in [0.1, 0.15) is 15.6 Å². The zero-order chi connectivity index (χ0) is 15.5. The second-order valence-electron chi connectivity index (χ2n) is 4.60. The number of nitrogens with zero attached hydrogens (tertiary/aromatic N) is 1. The van der Waals surface area contributed by atoms with Crippen molar-refractivity contribution < 1.29 is 14.6 Å². The Labute approximate surface area is 131 Å². The second-order valence-corrected chi connectivity index (χ2v) is 5.60. The Morgan fingerprint density at radius 2 is 1.82 bits per heavy atom. The lowest BCUT2D eigenvalue weighted by atomic mass is 10.1. The third kappa shape index (κ3) is 2.71. The highest BCUT2D eigenvalue weighted by atomic mass is 32.1. The Morgan fingerprint density at radius 1 is 1.09 bits per heavy atom. The summed E-state index contributed by atoms with van der Waals surface area (Å²) < 4.78 is 5.20. The summed E-state index contributed by atoms with van der Waals surface area (Å²) in [5.74, 6) is -0.305. The largest absolute Gasteiger partial charge is 0.497 e. The SMILES string of the molecule is COc1cccc(-c2nc(-c3ccccc3)sc2C(=O)O)c1. The van der Waals surface area contributed by atoms with Crippen LogP contribution in [-0.2, 0) is 0 Å². The molecule has 2 aromatic carbocycles. The highest BCUT2D eigenvalue weighted by Crippen LogP contribution is 2.34. The summed E-state index contributed by atoms with van der Waals surface area (Å²) in [5.41, 5.74) is 2.11. The predicted octanol–water partition coefficient (Wildman–Crippen LogP) is 4.18. The van der Waals surface area contributed by atoms with E-state index in [0.29, 0.717) is 16.5 Å². The molecular formula is C17H13NO3S. The number of ether oxygens (including phenoxy) is 1. The summed E-state index contributed by atoms with van der Waals surface area (Å²) in [6.45, 7) is 0. The number of hydrogen-bond acceptors (Lipinski definition) is 4. The number of aromatic carboxylic acids is 1. The van der Waals surface area contributed by atoms with Gasteiger partial charge in [-0.15, -0.1) is 11.3 Å². The van der Waals surface area contributed by atoms with Gasteiger partial charge in [0.25, 0.3) is 0 Å². The van der Waals surface area contributed by atoms with Gasteiger partial charge in [0.05, 0.1) is 12.8 Å². The van der Waals surface area contributed by atoms with Crippen LogP contribution in [-0.4, -0.2) is 23.2 Å². The normalized spacial score (nSPS) is 10.4. The van der Waals surface area contributed by atoms with Crippen LogP contribution in [0.3, 0.4) is 0 Å². The van der Waals surface area contributed by atoms with E-state index in [1.165, 1.54) is 11.3 Å². The number of hydrogen-bond donors (Lipinski definition) is 1. The number of methoxy groups -OCH3 is 1. The molecule has 0 saturated heterocycles. The van der Waals surface area contributed by atoms with E-state index in [2.05, 4.69) is 4.98 Å². The maximum absolute atomic E-state index is 11.5. The van der Waals surface area contributed by atoms with E-state index in [9.17, 15) is 9.90 Å². The van der Waals surface area contributed by atoms with Crippen LogP contribution in [0.15, 0.2) is 54.6 Å². The molecule has 3 rings (SSSR count). The minimum absolute atomic E-state index is 0.229. The summed E-state index contributed by atoms with van der Waals surface area (Å²) in [6.07, 6.45) is 0. The molecule has 1 heterocycles. The van der Waals surface area contributed by atoms with Crippen molar-refractivity contribution >= 4 is 17.3 Å². The van der Waals surface area contributed by atoms with Crippen molar-refractivity contribution in [3.05, 3.63) is 59.5 Å². The minimum Gasteiger partial charge on any atom is -0.497 e. The first-order valence-electron chi connectivity index (χ1n) is 6.63. The van der Waals surface area contributed by atoms with Crippen molar-refractivity contribution in [3.8, 4) is 27.6 Å². The molecule has 0 spiro atoms. The average Bonchev–Trinajstić information content (AvgIpc) is 3.01. The Bertz CT molecular complexity index is 812. The van der Waals surface area contributed by atoms with Crippen LogP contribution in [0.4, 0.5) is 0 Å². The molecule has 0 unspecified atom stereocenters. The first kappa shape index (κ1) is 14.3. The number of carboxylic acid groups (broad SMARTS) is 1. The first-order valence-corrected chi connectivity index (χ1v) is 7.44. The standard InChI is InChI=1S/C17H13NO3S/c1-21-13-9-5-8-12(10-13)14-15(17(19)20)22-16(18-14)11-6-3-2-4-7-11/h2-10H,1H3,(H,19,20). The molecular weight excluding hydrogens is 298 g/mol. The fraction of sp³-hybridized carbons (Fsp3) is 0.0588. The molecule has 5 heteroatoms. The molecule has 0 radical (unpaired) electrons. The van der Waals surface area contributed by atoms with Crippen molar-refractivity contribution in [2.24, 2.45) is 0 Å². The maximum atomic E-state index is 11.5. The van der Waals surface area contributed by atoms with Gasteiger partial charge in [0.15, 0.2) is 0 Å². The number of rotatable bonds is 4. The zero-order valence-corrected chi connectivity index (χ0v) is 12.6. The molecule has 1 N–H and O–H groups in total. The fourth-order valence-electron chi connectivity index (χ4n) is 2.14. The molecule has 0 atom stereocenters. The van der Waals surface area contributed by atoms with Gasteiger partial charge >= 0.3 is 5.97 Å². The Hall–Kier alpha value is -2.66. The molecule has 0 fully saturated rings. The topological polar surface area (TPSA) is 59.4 Å². The molecule has 0 bridgehead atoms. The van der Waals surface area contributed by atoms with Gasteiger partial charge in [-0.05, 0) is 12.1 Å². The summed E-state index contributed by atoms with van der Waals surface area (Å²) in [6, 6.07) is 16.8. The van der Waals surface area contributed by atoms with Crippen molar-refractivity contribution in [2.45, 2.75) is 0 Å². The van der Waals surface area contributed by atoms with Gasteiger partial charge in [0.2, 0.25) is 0 Å². The van der Waals surface area contributed by atoms with Crippen LogP contribution >= 0.6 is 11.3 Å². The molecule has 0 aliphatic rings. The third-order valence-electron chi connectivity index (χ3n) is 3.19. The minimum atomic E-state index is -0.975. The van der Waals surface area contributed by atoms with E-state index in [4.69, 9.17) is 4.74 Å². The molecule has 110 valence electrons. The number of benzene rings is 2. The fourth-order valence-corrected chi connectivity index (χ4v) is 3.07. The molecule has 4 nitrogen and oxygen atoms in total. The van der Waals surface area contributed by atoms with Crippen LogP contribution in [0.25, 0.3) is 21.8 Å². The lowest BCUT2D eigenvalue weighted by Crippen LogP contribution is -1.95. The van der Waals surface area contributed by atoms with Crippen molar-refractivity contribution in [1.29, 1.82) is 0 Å². The van der Waals surface area contributed by atoms with Crippen molar-refractivity contribution in [3.63, 3.8) is 0 Å². The van der Waals surface area contributed by atoms with E-state index in [1.807, 2.05) is 48.5 Å². The Balaban J connectivity index is 2.14. The van der Waals surface area contributed by atoms with E-state index >= 15 is 0 Å². The van der Waals surface area contributed by atoms with Crippen LogP contribution in [0, 0.1) is 0 Å². The van der Waals surface area contributed by atoms with Crippen LogP contribution < -0.4 is 4.74 Å². The first-order chi connectivity index (χ1) is 10.7. The molecule has 0 saturated carbocycles. The van der Waals surface area contributed by atoms with E-state index < -0.39 is 5.97 Å². The summed E-state index contributed by atoms with van der Waals surface area (Å²) >= 11 is 1.18. The third-order valence-corrected chi connectivity index (χ3v) is 4.28. The lowest BCUT2D eigenvalue weighted by molar-refractivity contribution is 0.0702. The summed E-state index contributed by atoms with van der Waals surface area (Å²) in [5, 5.41) is 10.1. The molecule has 0 amide bonds. The highest BCUT2D eigenvalue weighted by Gasteiger charge is 2.19. The molecule has 3 aromatic rings. The van der Waals surface area contributed by atoms with Crippen molar-refractivity contribution in [1.82, 2.24) is 4.98 Å². The average molecular weight is 311 g/mol. The highest BCUT2D eigenvalue weighted by molar-refractivity contribution is 7.17. The zero-order valence-electron chi connectivity index (χ0n) is 11.8. The van der Waals surface area contributed by atoms with E-state index in [0.717, 1.165) is 11.1 Å². The Morgan fingerprint density at radius 3 is 2.50 bits per heavy atom. The summed E-state index contributed by atoms with van der Waals surface area (Å²) in [7, 11) is 1.58. The lowest BCUT2D eigenvalue weighted by Gasteiger charge is -2.03. The van der Waals surface area contributed by atoms with Gasteiger partial charge in [-0.25, -0.2) is 9.78 Å². The smallest absolute Gasteiger partial charge is 0.348 e. The van der Waals surface area contributed by atoms with Crippen LogP contribution in [0.1, 0.15) is 9.67 Å². The molecule has 0 aliphatic heterocycles. The maximum Gasteiger partial charge on any atom is 0.348 e. The molecule has 1 aromatic heterocycles. The van der Waals surface area contributed by atoms with Gasteiger partial charge < -0.3 is 9.84 Å². The van der Waals surface area contributed by atoms with Gasteiger partial charge in [-0.2, -0.15) is 0 Å². The van der Waals surface area contributed by atoms with Gasteiger partial charge in [-0.1, -0.05) is 42.5 Å². The van der Waals surface area contributed by atoms with E-state index in [-0.39, 0.29) is 4.88 Å².